The molecule has 4 aromatic carbocycles. The third-order valence-corrected chi connectivity index (χ3v) is 9.57. The molecule has 6 aromatic rings. The van der Waals surface area contributed by atoms with Gasteiger partial charge in [0.05, 0.1) is 24.6 Å². The number of hydrogen-bond acceptors (Lipinski definition) is 10. The Bertz CT molecular complexity index is 2080. The zero-order valence-electron chi connectivity index (χ0n) is 33.1. The van der Waals surface area contributed by atoms with Crippen LogP contribution in [0, 0.1) is 13.8 Å². The van der Waals surface area contributed by atoms with Gasteiger partial charge in [0, 0.05) is 50.0 Å². The highest BCUT2D eigenvalue weighted by atomic mass is 16.5. The van der Waals surface area contributed by atoms with Gasteiger partial charge in [-0.3, -0.25) is 0 Å². The first-order valence-corrected chi connectivity index (χ1v) is 19.4. The fraction of sp³-hybridized carbons (Fsp3) is 0.304. The lowest BCUT2D eigenvalue weighted by Gasteiger charge is -2.12. The number of oxazole rings is 2. The van der Waals surface area contributed by atoms with Gasteiger partial charge in [0.15, 0.2) is 12.2 Å². The molecule has 2 atom stereocenters. The Kier molecular flexibility index (Phi) is 14.1. The van der Waals surface area contributed by atoms with Gasteiger partial charge in [-0.15, -0.1) is 0 Å². The molecule has 12 nitrogen and oxygen atoms in total. The number of aromatic nitrogens is 2. The van der Waals surface area contributed by atoms with Crippen LogP contribution < -0.4 is 9.47 Å². The highest BCUT2D eigenvalue weighted by Crippen LogP contribution is 2.29. The Morgan fingerprint density at radius 2 is 0.897 bits per heavy atom. The van der Waals surface area contributed by atoms with Crippen LogP contribution in [0.3, 0.4) is 0 Å². The number of carbonyl (C=O) groups is 2. The monoisotopic (exact) mass is 788 g/mol. The Morgan fingerprint density at radius 3 is 1.22 bits per heavy atom. The van der Waals surface area contributed by atoms with E-state index in [4.69, 9.17) is 37.7 Å². The van der Waals surface area contributed by atoms with Crippen LogP contribution in [0.1, 0.15) is 47.9 Å². The molecule has 2 N–H and O–H groups in total. The maximum absolute atomic E-state index is 11.4. The molecular weight excluding hydrogens is 741 g/mol. The van der Waals surface area contributed by atoms with Crippen molar-refractivity contribution in [2.24, 2.45) is 0 Å². The standard InChI is InChI=1S/C46H48N2O10/c1-5-53-41(45(49)50)27-31-7-19-37(20-8-31)55-25-23-39-29(3)57-43(47-39)35-15-11-33(12-16-35)34-13-17-36(18-14-34)44-48-40(30(4)58-44)24-26-56-38-21-9-32(10-22-38)28-42(46(51)52)54-6-2/h7-22,41-42H,5-6,23-28H2,1-4H3,(H,49,50)(H,51,52). The van der Waals surface area contributed by atoms with Crippen LogP contribution >= 0.6 is 0 Å². The average Bonchev–Trinajstić information content (AvgIpc) is 3.79. The minimum atomic E-state index is -0.975. The molecule has 2 heterocycles. The smallest absolute Gasteiger partial charge is 0.333 e. The number of rotatable bonds is 21. The first-order chi connectivity index (χ1) is 28.1. The zero-order valence-corrected chi connectivity index (χ0v) is 33.1. The van der Waals surface area contributed by atoms with E-state index in [0.29, 0.717) is 62.5 Å². The average molecular weight is 789 g/mol. The number of benzene rings is 4. The summed E-state index contributed by atoms with van der Waals surface area (Å²) in [7, 11) is 0. The predicted molar refractivity (Wildman–Crippen MR) is 217 cm³/mol. The van der Waals surface area contributed by atoms with E-state index in [2.05, 4.69) is 0 Å². The van der Waals surface area contributed by atoms with Crippen LogP contribution in [-0.2, 0) is 44.7 Å². The number of aliphatic carboxylic acids is 2. The molecule has 6 rings (SSSR count). The molecule has 0 aliphatic rings. The van der Waals surface area contributed by atoms with Gasteiger partial charge in [-0.05, 0) is 98.5 Å². The molecule has 302 valence electrons. The van der Waals surface area contributed by atoms with E-state index >= 15 is 0 Å². The molecule has 0 spiro atoms. The van der Waals surface area contributed by atoms with Crippen LogP contribution in [0.5, 0.6) is 11.5 Å². The maximum Gasteiger partial charge on any atom is 0.333 e. The summed E-state index contributed by atoms with van der Waals surface area (Å²) in [6.45, 7) is 8.84. The van der Waals surface area contributed by atoms with Crippen LogP contribution in [0.25, 0.3) is 34.0 Å². The third kappa shape index (κ3) is 11.0. The molecule has 2 unspecified atom stereocenters. The SMILES string of the molecule is CCOC(Cc1ccc(OCCc2nc(-c3ccc(-c4ccc(-c5nc(CCOc6ccc(CC(OCC)C(=O)O)cc6)c(C)o5)cc4)cc3)oc2C)cc1)C(=O)O. The molecule has 0 saturated carbocycles. The van der Waals surface area contributed by atoms with Gasteiger partial charge in [0.25, 0.3) is 0 Å². The number of aryl methyl sites for hydroxylation is 2. The molecule has 0 amide bonds. The summed E-state index contributed by atoms with van der Waals surface area (Å²) in [5.41, 5.74) is 7.18. The van der Waals surface area contributed by atoms with E-state index in [9.17, 15) is 19.8 Å². The summed E-state index contributed by atoms with van der Waals surface area (Å²) in [4.78, 5) is 32.3. The van der Waals surface area contributed by atoms with E-state index in [1.807, 2.05) is 111 Å². The molecular formula is C46H48N2O10. The van der Waals surface area contributed by atoms with Gasteiger partial charge in [-0.25, -0.2) is 19.6 Å². The first-order valence-electron chi connectivity index (χ1n) is 19.4. The third-order valence-electron chi connectivity index (χ3n) is 9.57. The Balaban J connectivity index is 0.981. The van der Waals surface area contributed by atoms with Crippen molar-refractivity contribution >= 4 is 11.9 Å². The molecule has 0 aliphatic heterocycles. The lowest BCUT2D eigenvalue weighted by Crippen LogP contribution is -2.26. The number of carboxylic acid groups (broad SMARTS) is 2. The highest BCUT2D eigenvalue weighted by Gasteiger charge is 2.19. The normalized spacial score (nSPS) is 12.3. The second kappa shape index (κ2) is 19.8. The Hall–Kier alpha value is -6.24. The van der Waals surface area contributed by atoms with Crippen LogP contribution in [0.2, 0.25) is 0 Å². The van der Waals surface area contributed by atoms with Crippen molar-refractivity contribution in [3.8, 4) is 45.5 Å². The summed E-state index contributed by atoms with van der Waals surface area (Å²) in [5.74, 6) is 1.99. The Labute approximate surface area is 337 Å². The fourth-order valence-electron chi connectivity index (χ4n) is 6.42. The molecule has 0 bridgehead atoms. The molecule has 12 heteroatoms. The van der Waals surface area contributed by atoms with Crippen molar-refractivity contribution in [3.63, 3.8) is 0 Å². The quantitative estimate of drug-likeness (QED) is 0.0715. The van der Waals surface area contributed by atoms with Gasteiger partial charge in [-0.2, -0.15) is 0 Å². The molecule has 0 fully saturated rings. The molecule has 0 aliphatic carbocycles. The summed E-state index contributed by atoms with van der Waals surface area (Å²) in [6.07, 6.45) is -0.0353. The van der Waals surface area contributed by atoms with Crippen molar-refractivity contribution in [1.29, 1.82) is 0 Å². The van der Waals surface area contributed by atoms with E-state index in [1.165, 1.54) is 0 Å². The van der Waals surface area contributed by atoms with Crippen molar-refractivity contribution in [1.82, 2.24) is 9.97 Å². The predicted octanol–water partition coefficient (Wildman–Crippen LogP) is 8.59. The summed E-state index contributed by atoms with van der Waals surface area (Å²) < 4.78 is 34.5. The highest BCUT2D eigenvalue weighted by molar-refractivity contribution is 5.73. The van der Waals surface area contributed by atoms with Crippen LogP contribution in [-0.4, -0.2) is 70.8 Å². The number of carboxylic acids is 2. The van der Waals surface area contributed by atoms with E-state index in [0.717, 1.165) is 56.3 Å². The van der Waals surface area contributed by atoms with Crippen molar-refractivity contribution in [3.05, 3.63) is 131 Å². The topological polar surface area (TPSA) is 164 Å². The van der Waals surface area contributed by atoms with Gasteiger partial charge in [0.1, 0.15) is 23.0 Å². The van der Waals surface area contributed by atoms with Gasteiger partial charge < -0.3 is 38.0 Å². The van der Waals surface area contributed by atoms with E-state index in [-0.39, 0.29) is 12.8 Å². The van der Waals surface area contributed by atoms with E-state index in [1.54, 1.807) is 13.8 Å². The lowest BCUT2D eigenvalue weighted by atomic mass is 10.0. The summed E-state index contributed by atoms with van der Waals surface area (Å²) >= 11 is 0. The zero-order chi connectivity index (χ0) is 41.0. The molecule has 0 saturated heterocycles. The van der Waals surface area contributed by atoms with Crippen molar-refractivity contribution in [2.45, 2.75) is 65.6 Å². The van der Waals surface area contributed by atoms with Crippen molar-refractivity contribution in [2.75, 3.05) is 26.4 Å². The second-order valence-electron chi connectivity index (χ2n) is 13.7. The first kappa shape index (κ1) is 41.4. The van der Waals surface area contributed by atoms with Gasteiger partial charge in [-0.1, -0.05) is 48.5 Å². The fourth-order valence-corrected chi connectivity index (χ4v) is 6.42. The Morgan fingerprint density at radius 1 is 0.552 bits per heavy atom. The second-order valence-corrected chi connectivity index (χ2v) is 13.7. The number of nitrogens with zero attached hydrogens (tertiary/aromatic N) is 2. The van der Waals surface area contributed by atoms with Crippen LogP contribution in [0.15, 0.2) is 106 Å². The minimum absolute atomic E-state index is 0.289. The van der Waals surface area contributed by atoms with Gasteiger partial charge in [0.2, 0.25) is 11.8 Å². The lowest BCUT2D eigenvalue weighted by molar-refractivity contribution is -0.150. The van der Waals surface area contributed by atoms with Gasteiger partial charge >= 0.3 is 11.9 Å². The summed E-state index contributed by atoms with van der Waals surface area (Å²) in [6, 6.07) is 30.9. The van der Waals surface area contributed by atoms with E-state index < -0.39 is 24.1 Å². The van der Waals surface area contributed by atoms with Crippen molar-refractivity contribution < 1.29 is 47.6 Å². The molecule has 2 aromatic heterocycles. The molecule has 58 heavy (non-hydrogen) atoms. The summed E-state index contributed by atoms with van der Waals surface area (Å²) in [5, 5.41) is 18.7. The number of ether oxygens (including phenoxy) is 4. The minimum Gasteiger partial charge on any atom is -0.493 e. The maximum atomic E-state index is 11.4. The largest absolute Gasteiger partial charge is 0.493 e. The number of hydrogen-bond donors (Lipinski definition) is 2. The van der Waals surface area contributed by atoms with Crippen LogP contribution in [0.4, 0.5) is 0 Å². The molecule has 0 radical (unpaired) electrons.